The Morgan fingerprint density at radius 2 is 1.73 bits per heavy atom. The van der Waals surface area contributed by atoms with Crippen molar-refractivity contribution in [2.75, 3.05) is 25.5 Å². The minimum Gasteiger partial charge on any atom is -0.497 e. The number of rotatable bonds is 3. The molecule has 0 aliphatic carbocycles. The van der Waals surface area contributed by atoms with Crippen molar-refractivity contribution in [2.24, 2.45) is 0 Å². The van der Waals surface area contributed by atoms with Gasteiger partial charge in [0.1, 0.15) is 11.5 Å². The zero-order valence-electron chi connectivity index (χ0n) is 17.9. The Kier molecular flexibility index (Phi) is 4.99. The predicted octanol–water partition coefficient (Wildman–Crippen LogP) is 4.94. The smallest absolute Gasteiger partial charge is 0.497 e. The lowest BCUT2D eigenvalue weighted by molar-refractivity contribution is -0.274. The summed E-state index contributed by atoms with van der Waals surface area (Å²) in [6.07, 6.45) is -1.58. The third-order valence-corrected chi connectivity index (χ3v) is 6.32. The van der Waals surface area contributed by atoms with Crippen molar-refractivity contribution < 1.29 is 27.4 Å². The average Bonchev–Trinajstić information content (AvgIpc) is 3.30. The number of hydrogen-bond donors (Lipinski definition) is 1. The summed E-state index contributed by atoms with van der Waals surface area (Å²) in [4.78, 5) is 14.8. The molecule has 1 amide bonds. The van der Waals surface area contributed by atoms with Gasteiger partial charge in [-0.1, -0.05) is 0 Å². The van der Waals surface area contributed by atoms with Gasteiger partial charge in [0.2, 0.25) is 0 Å². The first-order valence-corrected chi connectivity index (χ1v) is 10.6. The lowest BCUT2D eigenvalue weighted by Crippen LogP contribution is -2.51. The monoisotopic (exact) mass is 457 g/mol. The number of benzene rings is 2. The number of likely N-dealkylation sites (tertiary alicyclic amines) is 1. The van der Waals surface area contributed by atoms with Gasteiger partial charge in [0.05, 0.1) is 24.0 Å². The maximum atomic E-state index is 13.0. The van der Waals surface area contributed by atoms with Gasteiger partial charge in [-0.2, -0.15) is 0 Å². The number of hydrogen-bond acceptors (Lipinski definition) is 4. The van der Waals surface area contributed by atoms with Gasteiger partial charge in [-0.15, -0.1) is 13.2 Å². The summed E-state index contributed by atoms with van der Waals surface area (Å²) in [6, 6.07) is 15.2. The quantitative estimate of drug-likeness (QED) is 0.605. The van der Waals surface area contributed by atoms with Crippen LogP contribution in [0, 0.1) is 0 Å². The molecule has 2 aromatic carbocycles. The number of carbonyl (C=O) groups excluding carboxylic acids is 1. The Balaban J connectivity index is 1.37. The molecular weight excluding hydrogens is 435 g/mol. The standard InChI is InChI=1S/C24H22F3N3O3/c1-32-17-6-4-16(5-7-17)22(31)29-13-10-23(11-14-29)21-3-2-12-30(21)20-15-18(33-24(25,26)27)8-9-19(20)28-23/h2-9,12,15,28H,10-11,13-14H2,1H3. The van der Waals surface area contributed by atoms with E-state index in [2.05, 4.69) is 10.1 Å². The molecule has 1 spiro atoms. The average molecular weight is 457 g/mol. The number of carbonyl (C=O) groups is 1. The number of aromatic nitrogens is 1. The first kappa shape index (κ1) is 21.2. The molecule has 9 heteroatoms. The molecule has 172 valence electrons. The van der Waals surface area contributed by atoms with Crippen LogP contribution in [-0.4, -0.2) is 41.9 Å². The fourth-order valence-electron chi connectivity index (χ4n) is 4.71. The van der Waals surface area contributed by atoms with Crippen molar-refractivity contribution in [1.82, 2.24) is 9.47 Å². The fourth-order valence-corrected chi connectivity index (χ4v) is 4.71. The van der Waals surface area contributed by atoms with Crippen molar-refractivity contribution in [3.05, 3.63) is 72.1 Å². The molecule has 2 aliphatic heterocycles. The van der Waals surface area contributed by atoms with Crippen LogP contribution in [-0.2, 0) is 5.54 Å². The summed E-state index contributed by atoms with van der Waals surface area (Å²) in [5.41, 5.74) is 2.46. The van der Waals surface area contributed by atoms with Gasteiger partial charge in [-0.25, -0.2) is 0 Å². The molecule has 0 radical (unpaired) electrons. The van der Waals surface area contributed by atoms with Crippen molar-refractivity contribution in [3.8, 4) is 17.2 Å². The number of nitrogens with one attached hydrogen (secondary N) is 1. The Labute approximate surface area is 188 Å². The van der Waals surface area contributed by atoms with E-state index in [9.17, 15) is 18.0 Å². The topological polar surface area (TPSA) is 55.7 Å². The van der Waals surface area contributed by atoms with Gasteiger partial charge in [0, 0.05) is 36.6 Å². The maximum absolute atomic E-state index is 13.0. The molecule has 0 atom stereocenters. The van der Waals surface area contributed by atoms with Crippen molar-refractivity contribution in [1.29, 1.82) is 0 Å². The van der Waals surface area contributed by atoms with E-state index in [0.29, 0.717) is 42.9 Å². The number of amides is 1. The number of piperidine rings is 1. The lowest BCUT2D eigenvalue weighted by Gasteiger charge is -2.46. The first-order chi connectivity index (χ1) is 15.8. The number of alkyl halides is 3. The van der Waals surface area contributed by atoms with Crippen molar-refractivity contribution >= 4 is 11.6 Å². The third kappa shape index (κ3) is 3.88. The highest BCUT2D eigenvalue weighted by molar-refractivity contribution is 5.94. The van der Waals surface area contributed by atoms with E-state index in [0.717, 1.165) is 11.4 Å². The third-order valence-electron chi connectivity index (χ3n) is 6.32. The van der Waals surface area contributed by atoms with Gasteiger partial charge in [0.15, 0.2) is 0 Å². The SMILES string of the molecule is COc1ccc(C(=O)N2CCC3(CC2)Nc2ccc(OC(F)(F)F)cc2-n2cccc23)cc1. The zero-order valence-corrected chi connectivity index (χ0v) is 17.9. The molecule has 5 rings (SSSR count). The Bertz CT molecular complexity index is 1180. The summed E-state index contributed by atoms with van der Waals surface area (Å²) < 4.78 is 49.2. The molecule has 1 aromatic heterocycles. The van der Waals surface area contributed by atoms with Crippen LogP contribution in [0.5, 0.6) is 11.5 Å². The van der Waals surface area contributed by atoms with E-state index in [1.807, 2.05) is 27.8 Å². The van der Waals surface area contributed by atoms with Gasteiger partial charge in [-0.05, 0) is 61.4 Å². The number of halogens is 3. The van der Waals surface area contributed by atoms with Gasteiger partial charge in [0.25, 0.3) is 5.91 Å². The summed E-state index contributed by atoms with van der Waals surface area (Å²) in [6.45, 7) is 1.10. The van der Waals surface area contributed by atoms with E-state index in [-0.39, 0.29) is 11.7 Å². The number of ether oxygens (including phenoxy) is 2. The minimum atomic E-state index is -4.75. The van der Waals surface area contributed by atoms with E-state index in [1.165, 1.54) is 12.1 Å². The van der Waals surface area contributed by atoms with Gasteiger partial charge in [-0.3, -0.25) is 4.79 Å². The normalized spacial score (nSPS) is 16.5. The second-order valence-electron chi connectivity index (χ2n) is 8.22. The zero-order chi connectivity index (χ0) is 23.2. The van der Waals surface area contributed by atoms with Crippen LogP contribution in [0.4, 0.5) is 18.9 Å². The van der Waals surface area contributed by atoms with E-state index in [4.69, 9.17) is 4.74 Å². The molecule has 0 unspecified atom stereocenters. The molecule has 1 fully saturated rings. The largest absolute Gasteiger partial charge is 0.573 e. The molecule has 6 nitrogen and oxygen atoms in total. The highest BCUT2D eigenvalue weighted by Crippen LogP contribution is 2.44. The Hall–Kier alpha value is -3.62. The molecule has 3 heterocycles. The van der Waals surface area contributed by atoms with Crippen LogP contribution in [0.3, 0.4) is 0 Å². The van der Waals surface area contributed by atoms with Gasteiger partial charge >= 0.3 is 6.36 Å². The summed E-state index contributed by atoms with van der Waals surface area (Å²) in [5.74, 6) is 0.394. The van der Waals surface area contributed by atoms with Crippen LogP contribution < -0.4 is 14.8 Å². The summed E-state index contributed by atoms with van der Waals surface area (Å²) in [7, 11) is 1.58. The second-order valence-corrected chi connectivity index (χ2v) is 8.22. The van der Waals surface area contributed by atoms with E-state index >= 15 is 0 Å². The molecule has 2 aliphatic rings. The summed E-state index contributed by atoms with van der Waals surface area (Å²) >= 11 is 0. The van der Waals surface area contributed by atoms with Crippen LogP contribution in [0.15, 0.2) is 60.8 Å². The van der Waals surface area contributed by atoms with Crippen LogP contribution in [0.2, 0.25) is 0 Å². The fraction of sp³-hybridized carbons (Fsp3) is 0.292. The number of anilines is 1. The highest BCUT2D eigenvalue weighted by atomic mass is 19.4. The molecule has 33 heavy (non-hydrogen) atoms. The highest BCUT2D eigenvalue weighted by Gasteiger charge is 2.42. The molecule has 0 saturated carbocycles. The van der Waals surface area contributed by atoms with E-state index < -0.39 is 11.9 Å². The van der Waals surface area contributed by atoms with E-state index in [1.54, 1.807) is 37.4 Å². The van der Waals surface area contributed by atoms with Crippen LogP contribution in [0.1, 0.15) is 28.9 Å². The first-order valence-electron chi connectivity index (χ1n) is 10.6. The number of methoxy groups -OCH3 is 1. The van der Waals surface area contributed by atoms with Crippen LogP contribution >= 0.6 is 0 Å². The van der Waals surface area contributed by atoms with Gasteiger partial charge < -0.3 is 24.3 Å². The van der Waals surface area contributed by atoms with Crippen molar-refractivity contribution in [3.63, 3.8) is 0 Å². The number of nitrogens with zero attached hydrogens (tertiary/aromatic N) is 2. The molecule has 0 bridgehead atoms. The predicted molar refractivity (Wildman–Crippen MR) is 116 cm³/mol. The molecule has 3 aromatic rings. The second kappa shape index (κ2) is 7.75. The molecular formula is C24H22F3N3O3. The minimum absolute atomic E-state index is 0.0342. The number of fused-ring (bicyclic) bond motifs is 4. The molecule has 1 saturated heterocycles. The summed E-state index contributed by atoms with van der Waals surface area (Å²) in [5, 5.41) is 3.55. The van der Waals surface area contributed by atoms with Crippen molar-refractivity contribution in [2.45, 2.75) is 24.7 Å². The molecule has 1 N–H and O–H groups in total. The Morgan fingerprint density at radius 3 is 2.39 bits per heavy atom. The maximum Gasteiger partial charge on any atom is 0.573 e. The Morgan fingerprint density at radius 1 is 1.03 bits per heavy atom. The lowest BCUT2D eigenvalue weighted by atomic mass is 9.82. The van der Waals surface area contributed by atoms with Crippen LogP contribution in [0.25, 0.3) is 5.69 Å².